The summed E-state index contributed by atoms with van der Waals surface area (Å²) in [5, 5.41) is 18.2. The number of pyridine rings is 1. The molecule has 0 radical (unpaired) electrons. The number of aryl methyl sites for hydroxylation is 1. The van der Waals surface area contributed by atoms with Gasteiger partial charge >= 0.3 is 0 Å². The van der Waals surface area contributed by atoms with Gasteiger partial charge in [0.25, 0.3) is 0 Å². The van der Waals surface area contributed by atoms with E-state index in [1.54, 1.807) is 38.1 Å². The number of aromatic hydroxyl groups is 1. The van der Waals surface area contributed by atoms with Crippen LogP contribution in [0.25, 0.3) is 22.4 Å². The van der Waals surface area contributed by atoms with Crippen molar-refractivity contribution < 1.29 is 23.0 Å². The fourth-order valence-corrected chi connectivity index (χ4v) is 3.89. The number of halogens is 3. The maximum atomic E-state index is 14.8. The first-order valence-electron chi connectivity index (χ1n) is 11.4. The van der Waals surface area contributed by atoms with Gasteiger partial charge < -0.3 is 15.2 Å². The second-order valence-corrected chi connectivity index (χ2v) is 8.18. The van der Waals surface area contributed by atoms with Crippen molar-refractivity contribution in [3.63, 3.8) is 0 Å². The largest absolute Gasteiger partial charge is 0.503 e. The Kier molecular flexibility index (Phi) is 6.34. The van der Waals surface area contributed by atoms with Gasteiger partial charge in [0.2, 0.25) is 0 Å². The molecule has 0 spiro atoms. The number of hydrogen-bond donors (Lipinski definition) is 2. The van der Waals surface area contributed by atoms with Gasteiger partial charge in [0.1, 0.15) is 23.1 Å². The zero-order valence-corrected chi connectivity index (χ0v) is 19.8. The molecular weight excluding hydrogens is 485 g/mol. The maximum Gasteiger partial charge on any atom is 0.183 e. The molecule has 2 N–H and O–H groups in total. The summed E-state index contributed by atoms with van der Waals surface area (Å²) in [6.07, 6.45) is 2.22. The molecule has 5 aromatic rings. The second-order valence-electron chi connectivity index (χ2n) is 8.18. The van der Waals surface area contributed by atoms with Crippen LogP contribution in [0.4, 0.5) is 24.7 Å². The third kappa shape index (κ3) is 4.75. The van der Waals surface area contributed by atoms with Crippen LogP contribution in [0, 0.1) is 24.4 Å². The Morgan fingerprint density at radius 2 is 1.76 bits per heavy atom. The highest BCUT2D eigenvalue weighted by atomic mass is 19.1. The number of benzene rings is 2. The zero-order valence-electron chi connectivity index (χ0n) is 19.8. The van der Waals surface area contributed by atoms with E-state index in [9.17, 15) is 18.3 Å². The highest BCUT2D eigenvalue weighted by molar-refractivity contribution is 5.92. The Bertz CT molecular complexity index is 1600. The van der Waals surface area contributed by atoms with E-state index in [2.05, 4.69) is 25.4 Å². The minimum atomic E-state index is -0.758. The van der Waals surface area contributed by atoms with Crippen LogP contribution in [-0.4, -0.2) is 36.4 Å². The van der Waals surface area contributed by atoms with Gasteiger partial charge in [-0.25, -0.2) is 23.1 Å². The van der Waals surface area contributed by atoms with Crippen molar-refractivity contribution in [1.82, 2.24) is 24.7 Å². The summed E-state index contributed by atoms with van der Waals surface area (Å²) in [4.78, 5) is 12.4. The molecule has 3 heterocycles. The van der Waals surface area contributed by atoms with E-state index in [-0.39, 0.29) is 47.5 Å². The van der Waals surface area contributed by atoms with Crippen molar-refractivity contribution in [3.8, 4) is 23.0 Å². The highest BCUT2D eigenvalue weighted by Crippen LogP contribution is 2.32. The molecule has 8 nitrogen and oxygen atoms in total. The molecule has 0 saturated carbocycles. The SMILES string of the molecule is CCOc1cc(F)c(Cn2nc(-c3ncc(O)c(Nc4cc(C)ncc4F)n3)c3ccccc32)c(F)c1. The first-order valence-corrected chi connectivity index (χ1v) is 11.4. The number of fused-ring (bicyclic) bond motifs is 1. The van der Waals surface area contributed by atoms with Crippen molar-refractivity contribution in [1.29, 1.82) is 0 Å². The normalized spacial score (nSPS) is 11.2. The van der Waals surface area contributed by atoms with E-state index in [1.807, 2.05) is 0 Å². The summed E-state index contributed by atoms with van der Waals surface area (Å²) >= 11 is 0. The van der Waals surface area contributed by atoms with Crippen molar-refractivity contribution in [3.05, 3.63) is 83.6 Å². The molecule has 0 aliphatic carbocycles. The van der Waals surface area contributed by atoms with Gasteiger partial charge in [-0.2, -0.15) is 5.10 Å². The van der Waals surface area contributed by atoms with Crippen molar-refractivity contribution >= 4 is 22.4 Å². The summed E-state index contributed by atoms with van der Waals surface area (Å²) in [7, 11) is 0. The molecule has 0 aliphatic rings. The molecule has 2 aromatic carbocycles. The minimum absolute atomic E-state index is 0.0447. The van der Waals surface area contributed by atoms with Gasteiger partial charge in [-0.15, -0.1) is 0 Å². The predicted molar refractivity (Wildman–Crippen MR) is 131 cm³/mol. The summed E-state index contributed by atoms with van der Waals surface area (Å²) in [6, 6.07) is 10.8. The van der Waals surface area contributed by atoms with E-state index in [1.165, 1.54) is 10.7 Å². The van der Waals surface area contributed by atoms with Crippen LogP contribution in [0.1, 0.15) is 18.2 Å². The number of anilines is 2. The van der Waals surface area contributed by atoms with Crippen LogP contribution in [0.2, 0.25) is 0 Å². The first-order chi connectivity index (χ1) is 17.8. The Hall–Kier alpha value is -4.67. The van der Waals surface area contributed by atoms with Crippen molar-refractivity contribution in [2.75, 3.05) is 11.9 Å². The number of aromatic nitrogens is 5. The van der Waals surface area contributed by atoms with Crippen LogP contribution in [0.3, 0.4) is 0 Å². The van der Waals surface area contributed by atoms with Gasteiger partial charge in [-0.1, -0.05) is 18.2 Å². The van der Waals surface area contributed by atoms with E-state index in [0.29, 0.717) is 22.3 Å². The summed E-state index contributed by atoms with van der Waals surface area (Å²) in [5.74, 6) is -2.27. The number of para-hydroxylation sites is 1. The van der Waals surface area contributed by atoms with Crippen molar-refractivity contribution in [2.45, 2.75) is 20.4 Å². The average molecular weight is 506 g/mol. The molecule has 0 bridgehead atoms. The molecule has 37 heavy (non-hydrogen) atoms. The highest BCUT2D eigenvalue weighted by Gasteiger charge is 2.20. The monoisotopic (exact) mass is 506 g/mol. The fraction of sp³-hybridized carbons (Fsp3) is 0.154. The molecule has 0 aliphatic heterocycles. The van der Waals surface area contributed by atoms with Crippen molar-refractivity contribution in [2.24, 2.45) is 0 Å². The topological polar surface area (TPSA) is 98.0 Å². The Morgan fingerprint density at radius 3 is 2.51 bits per heavy atom. The molecule has 0 amide bonds. The van der Waals surface area contributed by atoms with Gasteiger partial charge in [-0.05, 0) is 26.0 Å². The number of ether oxygens (including phenoxy) is 1. The molecule has 11 heteroatoms. The predicted octanol–water partition coefficient (Wildman–Crippen LogP) is 5.51. The molecule has 0 atom stereocenters. The van der Waals surface area contributed by atoms with E-state index in [4.69, 9.17) is 4.74 Å². The van der Waals surface area contributed by atoms with Crippen LogP contribution < -0.4 is 10.1 Å². The summed E-state index contributed by atoms with van der Waals surface area (Å²) in [5.41, 5.74) is 1.37. The average Bonchev–Trinajstić information content (AvgIpc) is 3.24. The minimum Gasteiger partial charge on any atom is -0.503 e. The quantitative estimate of drug-likeness (QED) is 0.300. The van der Waals surface area contributed by atoms with E-state index < -0.39 is 17.5 Å². The summed E-state index contributed by atoms with van der Waals surface area (Å²) < 4.78 is 50.4. The lowest BCUT2D eigenvalue weighted by Crippen LogP contribution is -2.07. The molecule has 188 valence electrons. The standard InChI is InChI=1S/C26H21F3N6O2/c1-3-37-15-9-18(27)17(19(28)10-15)13-35-22-7-5-4-6-16(22)24(34-35)26-31-12-23(36)25(33-26)32-21-8-14(2)30-11-20(21)29/h4-12,36H,3,13H2,1-2H3,(H,30,31,32,33). The van der Waals surface area contributed by atoms with Gasteiger partial charge in [0, 0.05) is 28.8 Å². The molecule has 5 rings (SSSR count). The van der Waals surface area contributed by atoms with E-state index >= 15 is 0 Å². The smallest absolute Gasteiger partial charge is 0.183 e. The number of nitrogens with zero attached hydrogens (tertiary/aromatic N) is 5. The lowest BCUT2D eigenvalue weighted by Gasteiger charge is -2.10. The van der Waals surface area contributed by atoms with Gasteiger partial charge in [0.15, 0.2) is 23.2 Å². The second kappa shape index (κ2) is 9.76. The van der Waals surface area contributed by atoms with E-state index in [0.717, 1.165) is 24.5 Å². The number of nitrogens with one attached hydrogen (secondary N) is 1. The molecule has 0 saturated heterocycles. The third-order valence-corrected chi connectivity index (χ3v) is 5.62. The fourth-order valence-electron chi connectivity index (χ4n) is 3.89. The third-order valence-electron chi connectivity index (χ3n) is 5.62. The Balaban J connectivity index is 1.55. The lowest BCUT2D eigenvalue weighted by molar-refractivity contribution is 0.335. The zero-order chi connectivity index (χ0) is 26.1. The molecule has 0 unspecified atom stereocenters. The lowest BCUT2D eigenvalue weighted by atomic mass is 10.1. The molecule has 0 fully saturated rings. The summed E-state index contributed by atoms with van der Waals surface area (Å²) in [6.45, 7) is 3.50. The molecular formula is C26H21F3N6O2. The van der Waals surface area contributed by atoms with Crippen LogP contribution in [0.15, 0.2) is 54.9 Å². The maximum absolute atomic E-state index is 14.8. The Morgan fingerprint density at radius 1 is 1.00 bits per heavy atom. The first kappa shape index (κ1) is 24.0. The molecule has 3 aromatic heterocycles. The van der Waals surface area contributed by atoms with Crippen LogP contribution in [0.5, 0.6) is 11.5 Å². The Labute approximate surface area is 209 Å². The van der Waals surface area contributed by atoms with Crippen LogP contribution >= 0.6 is 0 Å². The van der Waals surface area contributed by atoms with Gasteiger partial charge in [-0.3, -0.25) is 9.67 Å². The number of rotatable bonds is 7. The number of hydrogen-bond acceptors (Lipinski definition) is 7. The van der Waals surface area contributed by atoms with Gasteiger partial charge in [0.05, 0.1) is 36.7 Å². The van der Waals surface area contributed by atoms with Crippen LogP contribution in [-0.2, 0) is 6.54 Å².